The molecule has 1 rings (SSSR count). The van der Waals surface area contributed by atoms with E-state index in [1.165, 1.54) is 24.6 Å². The lowest BCUT2D eigenvalue weighted by atomic mass is 10.3. The Balaban J connectivity index is 2.33. The summed E-state index contributed by atoms with van der Waals surface area (Å²) in [7, 11) is 1.32. The highest BCUT2D eigenvalue weighted by Crippen LogP contribution is 2.18. The van der Waals surface area contributed by atoms with Gasteiger partial charge in [0.15, 0.2) is 5.13 Å². The zero-order valence-corrected chi connectivity index (χ0v) is 11.5. The van der Waals surface area contributed by atoms with Crippen LogP contribution in [0, 0.1) is 0 Å². The maximum Gasteiger partial charge on any atom is 0.349 e. The molecule has 0 fully saturated rings. The van der Waals surface area contributed by atoms with Gasteiger partial charge in [-0.05, 0) is 13.8 Å². The standard InChI is InChI=1S/C11H17N3O3S/c1-7(2)14-9(15)4-5-12-11-13-6-8(18-11)10(16)17-3/h6-7H,4-5H2,1-3H3,(H,12,13)(H,14,15). The molecular weight excluding hydrogens is 254 g/mol. The number of carbonyl (C=O) groups is 2. The Morgan fingerprint density at radius 3 is 2.83 bits per heavy atom. The first-order chi connectivity index (χ1) is 8.52. The van der Waals surface area contributed by atoms with E-state index in [-0.39, 0.29) is 11.9 Å². The quantitative estimate of drug-likeness (QED) is 0.761. The maximum atomic E-state index is 11.4. The lowest BCUT2D eigenvalue weighted by molar-refractivity contribution is -0.121. The van der Waals surface area contributed by atoms with Crippen LogP contribution < -0.4 is 10.6 Å². The van der Waals surface area contributed by atoms with Gasteiger partial charge in [0.1, 0.15) is 4.88 Å². The molecule has 1 heterocycles. The first-order valence-electron chi connectivity index (χ1n) is 5.60. The van der Waals surface area contributed by atoms with Crippen molar-refractivity contribution in [1.82, 2.24) is 10.3 Å². The molecule has 0 aliphatic carbocycles. The largest absolute Gasteiger partial charge is 0.465 e. The molecule has 0 radical (unpaired) electrons. The molecule has 0 aliphatic rings. The number of aromatic nitrogens is 1. The summed E-state index contributed by atoms with van der Waals surface area (Å²) < 4.78 is 4.58. The third-order valence-electron chi connectivity index (χ3n) is 1.97. The number of ether oxygens (including phenoxy) is 1. The number of hydrogen-bond donors (Lipinski definition) is 2. The Morgan fingerprint density at radius 1 is 1.50 bits per heavy atom. The normalized spacial score (nSPS) is 10.2. The molecule has 2 N–H and O–H groups in total. The van der Waals surface area contributed by atoms with E-state index in [4.69, 9.17) is 0 Å². The van der Waals surface area contributed by atoms with Crippen LogP contribution in [-0.4, -0.2) is 36.6 Å². The topological polar surface area (TPSA) is 80.3 Å². The molecule has 0 atom stereocenters. The van der Waals surface area contributed by atoms with Crippen molar-refractivity contribution >= 4 is 28.3 Å². The van der Waals surface area contributed by atoms with E-state index in [0.717, 1.165) is 0 Å². The Hall–Kier alpha value is -1.63. The van der Waals surface area contributed by atoms with Gasteiger partial charge >= 0.3 is 5.97 Å². The monoisotopic (exact) mass is 271 g/mol. The highest BCUT2D eigenvalue weighted by molar-refractivity contribution is 7.17. The molecule has 0 aliphatic heterocycles. The van der Waals surface area contributed by atoms with Crippen molar-refractivity contribution in [3.05, 3.63) is 11.1 Å². The Bertz CT molecular complexity index is 417. The van der Waals surface area contributed by atoms with Gasteiger partial charge in [-0.15, -0.1) is 0 Å². The molecule has 1 aromatic heterocycles. The number of amides is 1. The van der Waals surface area contributed by atoms with Crippen LogP contribution in [-0.2, 0) is 9.53 Å². The molecule has 7 heteroatoms. The second-order valence-electron chi connectivity index (χ2n) is 3.92. The number of carbonyl (C=O) groups excluding carboxylic acids is 2. The fraction of sp³-hybridized carbons (Fsp3) is 0.545. The zero-order chi connectivity index (χ0) is 13.5. The highest BCUT2D eigenvalue weighted by atomic mass is 32.1. The summed E-state index contributed by atoms with van der Waals surface area (Å²) in [4.78, 5) is 27.0. The summed E-state index contributed by atoms with van der Waals surface area (Å²) in [5.41, 5.74) is 0. The van der Waals surface area contributed by atoms with Crippen molar-refractivity contribution < 1.29 is 14.3 Å². The van der Waals surface area contributed by atoms with Gasteiger partial charge < -0.3 is 15.4 Å². The summed E-state index contributed by atoms with van der Waals surface area (Å²) in [5.74, 6) is -0.416. The van der Waals surface area contributed by atoms with E-state index >= 15 is 0 Å². The van der Waals surface area contributed by atoms with Gasteiger partial charge in [-0.25, -0.2) is 9.78 Å². The van der Waals surface area contributed by atoms with E-state index in [1.807, 2.05) is 13.8 Å². The molecule has 1 aromatic rings. The van der Waals surface area contributed by atoms with Crippen molar-refractivity contribution in [3.8, 4) is 0 Å². The molecule has 0 aromatic carbocycles. The van der Waals surface area contributed by atoms with Crippen LogP contribution >= 0.6 is 11.3 Å². The van der Waals surface area contributed by atoms with Crippen LogP contribution in [0.4, 0.5) is 5.13 Å². The summed E-state index contributed by atoms with van der Waals surface area (Å²) in [5, 5.41) is 6.38. The molecule has 100 valence electrons. The Labute approximate surface area is 110 Å². The molecule has 6 nitrogen and oxygen atoms in total. The molecule has 1 amide bonds. The van der Waals surface area contributed by atoms with E-state index in [0.29, 0.717) is 23.0 Å². The lowest BCUT2D eigenvalue weighted by Crippen LogP contribution is -2.31. The SMILES string of the molecule is COC(=O)c1cnc(NCCC(=O)NC(C)C)s1. The molecule has 0 saturated heterocycles. The van der Waals surface area contributed by atoms with E-state index < -0.39 is 5.97 Å². The van der Waals surface area contributed by atoms with Crippen LogP contribution in [0.3, 0.4) is 0 Å². The third-order valence-corrected chi connectivity index (χ3v) is 2.91. The van der Waals surface area contributed by atoms with Gasteiger partial charge in [-0.3, -0.25) is 4.79 Å². The van der Waals surface area contributed by atoms with Crippen molar-refractivity contribution in [2.75, 3.05) is 19.0 Å². The van der Waals surface area contributed by atoms with Gasteiger partial charge in [-0.2, -0.15) is 0 Å². The van der Waals surface area contributed by atoms with Gasteiger partial charge in [-0.1, -0.05) is 11.3 Å². The minimum absolute atomic E-state index is 0.0118. The van der Waals surface area contributed by atoms with Crippen molar-refractivity contribution in [3.63, 3.8) is 0 Å². The van der Waals surface area contributed by atoms with Gasteiger partial charge in [0.05, 0.1) is 13.3 Å². The predicted molar refractivity (Wildman–Crippen MR) is 69.8 cm³/mol. The number of methoxy groups -OCH3 is 1. The van der Waals surface area contributed by atoms with Crippen LogP contribution in [0.5, 0.6) is 0 Å². The number of rotatable bonds is 6. The molecule has 18 heavy (non-hydrogen) atoms. The second-order valence-corrected chi connectivity index (χ2v) is 4.95. The van der Waals surface area contributed by atoms with Gasteiger partial charge in [0.25, 0.3) is 0 Å². The molecule has 0 unspecified atom stereocenters. The number of nitrogens with zero attached hydrogens (tertiary/aromatic N) is 1. The second kappa shape index (κ2) is 6.95. The maximum absolute atomic E-state index is 11.4. The van der Waals surface area contributed by atoms with Crippen LogP contribution in [0.2, 0.25) is 0 Å². The summed E-state index contributed by atoms with van der Waals surface area (Å²) >= 11 is 1.20. The van der Waals surface area contributed by atoms with E-state index in [2.05, 4.69) is 20.4 Å². The van der Waals surface area contributed by atoms with Crippen molar-refractivity contribution in [1.29, 1.82) is 0 Å². The van der Waals surface area contributed by atoms with Crippen molar-refractivity contribution in [2.24, 2.45) is 0 Å². The summed E-state index contributed by atoms with van der Waals surface area (Å²) in [6, 6.07) is 0.142. The first-order valence-corrected chi connectivity index (χ1v) is 6.42. The number of anilines is 1. The first kappa shape index (κ1) is 14.4. The fourth-order valence-corrected chi connectivity index (χ4v) is 1.99. The fourth-order valence-electron chi connectivity index (χ4n) is 1.23. The predicted octanol–water partition coefficient (Wildman–Crippen LogP) is 1.26. The average molecular weight is 271 g/mol. The summed E-state index contributed by atoms with van der Waals surface area (Å²) in [6.45, 7) is 4.30. The highest BCUT2D eigenvalue weighted by Gasteiger charge is 2.10. The number of hydrogen-bond acceptors (Lipinski definition) is 6. The molecule has 0 spiro atoms. The minimum atomic E-state index is -0.405. The van der Waals surface area contributed by atoms with Gasteiger partial charge in [0.2, 0.25) is 5.91 Å². The van der Waals surface area contributed by atoms with E-state index in [1.54, 1.807) is 0 Å². The molecule has 0 bridgehead atoms. The zero-order valence-electron chi connectivity index (χ0n) is 10.6. The third kappa shape index (κ3) is 4.70. The smallest absolute Gasteiger partial charge is 0.349 e. The Kier molecular flexibility index (Phi) is 5.57. The Morgan fingerprint density at radius 2 is 2.22 bits per heavy atom. The van der Waals surface area contributed by atoms with Crippen LogP contribution in [0.1, 0.15) is 29.9 Å². The van der Waals surface area contributed by atoms with Crippen molar-refractivity contribution in [2.45, 2.75) is 26.3 Å². The number of esters is 1. The van der Waals surface area contributed by atoms with Crippen LogP contribution in [0.15, 0.2) is 6.20 Å². The minimum Gasteiger partial charge on any atom is -0.465 e. The van der Waals surface area contributed by atoms with Gasteiger partial charge in [0, 0.05) is 19.0 Å². The molecular formula is C11H17N3O3S. The van der Waals surface area contributed by atoms with E-state index in [9.17, 15) is 9.59 Å². The van der Waals surface area contributed by atoms with Crippen LogP contribution in [0.25, 0.3) is 0 Å². The number of thiazole rings is 1. The summed E-state index contributed by atoms with van der Waals surface area (Å²) in [6.07, 6.45) is 1.82. The molecule has 0 saturated carbocycles. The lowest BCUT2D eigenvalue weighted by Gasteiger charge is -2.08. The average Bonchev–Trinajstić information content (AvgIpc) is 2.75. The number of nitrogens with one attached hydrogen (secondary N) is 2.